The summed E-state index contributed by atoms with van der Waals surface area (Å²) in [7, 11) is 2.80. The van der Waals surface area contributed by atoms with E-state index in [9.17, 15) is 36.1 Å². The first kappa shape index (κ1) is 41.4. The molecule has 0 spiro atoms. The van der Waals surface area contributed by atoms with Gasteiger partial charge in [-0.15, -0.1) is 0 Å². The molecule has 52 heavy (non-hydrogen) atoms. The minimum Gasteiger partial charge on any atom is -0.410 e. The fourth-order valence-electron chi connectivity index (χ4n) is 10.1. The van der Waals surface area contributed by atoms with Gasteiger partial charge in [0.25, 0.3) is 0 Å². The number of piperidine rings is 1. The number of rotatable bonds is 16. The van der Waals surface area contributed by atoms with E-state index in [1.165, 1.54) is 11.1 Å². The molecule has 4 aliphatic rings. The van der Waals surface area contributed by atoms with E-state index in [-0.39, 0.29) is 23.4 Å². The van der Waals surface area contributed by atoms with E-state index in [1.807, 2.05) is 11.0 Å². The van der Waals surface area contributed by atoms with Gasteiger partial charge in [0, 0.05) is 47.9 Å². The van der Waals surface area contributed by atoms with Crippen molar-refractivity contribution in [2.45, 2.75) is 146 Å². The quantitative estimate of drug-likeness (QED) is 0.134. The lowest BCUT2D eigenvalue weighted by atomic mass is 9.52. The van der Waals surface area contributed by atoms with Gasteiger partial charge in [-0.05, 0) is 131 Å². The number of hydrogen-bond donors (Lipinski definition) is 1. The van der Waals surface area contributed by atoms with Crippen molar-refractivity contribution >= 4 is 16.9 Å². The number of carbonyl (C=O) groups excluding carboxylic acids is 1. The van der Waals surface area contributed by atoms with Crippen LogP contribution in [0.4, 0.5) is 26.7 Å². The average Bonchev–Trinajstić information content (AvgIpc) is 3.40. The molecule has 12 heteroatoms. The van der Waals surface area contributed by atoms with Crippen LogP contribution in [0.15, 0.2) is 18.2 Å². The predicted octanol–water partition coefficient (Wildman–Crippen LogP) is 9.50. The standard InChI is InChI=1S/C40H61F5N2O4S/c1-38-21-17-33-32-14-13-31(51-37(49)47-22-18-30(19-23-47)46(2)3)27-29(32)26-28(36(33)34(38)15-16-35(38)48)12-9-7-5-4-6-8-10-24-52(50)25-11-20-39(41,42)40(43,44)45/h13-14,27-28,30,33-36,48H,4-12,15-26H2,1-3H3/t28-,33-,34+,35+,36-,38+,52?/m1/s1. The van der Waals surface area contributed by atoms with Crippen molar-refractivity contribution in [1.29, 1.82) is 0 Å². The van der Waals surface area contributed by atoms with Crippen LogP contribution < -0.4 is 4.74 Å². The second-order valence-electron chi connectivity index (χ2n) is 16.7. The molecule has 1 amide bonds. The van der Waals surface area contributed by atoms with Gasteiger partial charge in [-0.2, -0.15) is 22.0 Å². The molecule has 1 unspecified atom stereocenters. The summed E-state index contributed by atoms with van der Waals surface area (Å²) in [5, 5.41) is 11.0. The van der Waals surface area contributed by atoms with Crippen molar-refractivity contribution < 1.29 is 40.8 Å². The highest BCUT2D eigenvalue weighted by Gasteiger charge is 2.57. The molecule has 296 valence electrons. The van der Waals surface area contributed by atoms with Crippen molar-refractivity contribution in [2.75, 3.05) is 38.7 Å². The number of aliphatic hydroxyl groups is 1. The molecule has 0 bridgehead atoms. The van der Waals surface area contributed by atoms with Gasteiger partial charge in [-0.3, -0.25) is 4.21 Å². The smallest absolute Gasteiger partial charge is 0.410 e. The van der Waals surface area contributed by atoms with Crippen LogP contribution in [-0.4, -0.2) is 88.1 Å². The second-order valence-corrected chi connectivity index (χ2v) is 18.4. The molecule has 1 aromatic rings. The Hall–Kier alpha value is -1.79. The number of alkyl halides is 5. The van der Waals surface area contributed by atoms with Gasteiger partial charge in [-0.1, -0.05) is 51.5 Å². The number of fused-ring (bicyclic) bond motifs is 5. The molecular weight excluding hydrogens is 700 g/mol. The Morgan fingerprint density at radius 3 is 2.27 bits per heavy atom. The first-order valence-electron chi connectivity index (χ1n) is 19.8. The van der Waals surface area contributed by atoms with Crippen molar-refractivity contribution in [2.24, 2.45) is 23.2 Å². The summed E-state index contributed by atoms with van der Waals surface area (Å²) in [5.74, 6) is -1.87. The predicted molar refractivity (Wildman–Crippen MR) is 195 cm³/mol. The highest BCUT2D eigenvalue weighted by atomic mass is 32.2. The summed E-state index contributed by atoms with van der Waals surface area (Å²) in [4.78, 5) is 17.2. The van der Waals surface area contributed by atoms with E-state index in [0.29, 0.717) is 60.7 Å². The summed E-state index contributed by atoms with van der Waals surface area (Å²) in [6.07, 6.45) is 7.21. The van der Waals surface area contributed by atoms with Crippen LogP contribution in [0.2, 0.25) is 0 Å². The van der Waals surface area contributed by atoms with E-state index < -0.39 is 35.7 Å². The second kappa shape index (κ2) is 17.8. The highest BCUT2D eigenvalue weighted by molar-refractivity contribution is 7.84. The maximum Gasteiger partial charge on any atom is 0.453 e. The Labute approximate surface area is 310 Å². The molecule has 7 atom stereocenters. The normalized spacial score (nSPS) is 28.7. The largest absolute Gasteiger partial charge is 0.453 e. The van der Waals surface area contributed by atoms with Crippen molar-refractivity contribution in [1.82, 2.24) is 9.80 Å². The maximum atomic E-state index is 13.1. The molecule has 1 aromatic carbocycles. The molecule has 1 aliphatic heterocycles. The van der Waals surface area contributed by atoms with Crippen LogP contribution >= 0.6 is 0 Å². The van der Waals surface area contributed by atoms with Gasteiger partial charge in [0.05, 0.1) is 6.10 Å². The van der Waals surface area contributed by atoms with Gasteiger partial charge in [0.15, 0.2) is 0 Å². The number of hydrogen-bond acceptors (Lipinski definition) is 5. The summed E-state index contributed by atoms with van der Waals surface area (Å²) < 4.78 is 81.1. The fraction of sp³-hybridized carbons (Fsp3) is 0.825. The first-order chi connectivity index (χ1) is 24.6. The lowest BCUT2D eigenvalue weighted by molar-refractivity contribution is -0.284. The van der Waals surface area contributed by atoms with E-state index in [0.717, 1.165) is 89.9 Å². The minimum absolute atomic E-state index is 0.0236. The topological polar surface area (TPSA) is 70.1 Å². The number of aliphatic hydroxyl groups excluding tert-OH is 1. The van der Waals surface area contributed by atoms with E-state index in [4.69, 9.17) is 4.74 Å². The molecule has 1 N–H and O–H groups in total. The summed E-state index contributed by atoms with van der Waals surface area (Å²) in [6.45, 7) is 3.71. The van der Waals surface area contributed by atoms with Gasteiger partial charge in [-0.25, -0.2) is 4.79 Å². The van der Waals surface area contributed by atoms with Crippen LogP contribution in [0.5, 0.6) is 5.75 Å². The fourth-order valence-corrected chi connectivity index (χ4v) is 11.3. The number of carbonyl (C=O) groups is 1. The lowest BCUT2D eigenvalue weighted by Crippen LogP contribution is -2.47. The molecule has 1 saturated heterocycles. The average molecular weight is 761 g/mol. The molecule has 2 saturated carbocycles. The molecule has 0 radical (unpaired) electrons. The SMILES string of the molecule is CN(C)C1CCN(C(=O)Oc2ccc3c(c2)C[C@@H](CCCCCCCCCS(=O)CCCC(F)(F)C(F)(F)F)[C@@H]2[C@@H]3CC[C@]3(C)[C@@H](O)CC[C@@H]23)CC1. The molecule has 1 heterocycles. The van der Waals surface area contributed by atoms with Crippen molar-refractivity contribution in [3.63, 3.8) is 0 Å². The zero-order valence-electron chi connectivity index (χ0n) is 31.4. The molecule has 3 fully saturated rings. The van der Waals surface area contributed by atoms with Crippen LogP contribution in [-0.2, 0) is 17.2 Å². The third-order valence-electron chi connectivity index (χ3n) is 13.2. The minimum atomic E-state index is -5.55. The molecule has 5 rings (SSSR count). The van der Waals surface area contributed by atoms with Crippen LogP contribution in [0.3, 0.4) is 0 Å². The first-order valence-corrected chi connectivity index (χ1v) is 21.3. The molecular formula is C40H61F5N2O4S. The number of ether oxygens (including phenoxy) is 1. The lowest BCUT2D eigenvalue weighted by Gasteiger charge is -2.53. The zero-order valence-corrected chi connectivity index (χ0v) is 32.2. The molecule has 6 nitrogen and oxygen atoms in total. The number of unbranched alkanes of at least 4 members (excludes halogenated alkanes) is 6. The highest BCUT2D eigenvalue weighted by Crippen LogP contribution is 2.62. The van der Waals surface area contributed by atoms with Crippen LogP contribution in [0.25, 0.3) is 0 Å². The number of benzene rings is 1. The Kier molecular flexibility index (Phi) is 14.1. The van der Waals surface area contributed by atoms with Crippen LogP contribution in [0.1, 0.15) is 127 Å². The van der Waals surface area contributed by atoms with E-state index in [2.05, 4.69) is 38.1 Å². The zero-order chi connectivity index (χ0) is 37.7. The summed E-state index contributed by atoms with van der Waals surface area (Å²) in [6, 6.07) is 6.80. The monoisotopic (exact) mass is 760 g/mol. The van der Waals surface area contributed by atoms with E-state index >= 15 is 0 Å². The number of amides is 1. The summed E-state index contributed by atoms with van der Waals surface area (Å²) >= 11 is 0. The number of likely N-dealkylation sites (tertiary alicyclic amines) is 1. The van der Waals surface area contributed by atoms with Gasteiger partial charge in [0.2, 0.25) is 0 Å². The number of halogens is 5. The maximum absolute atomic E-state index is 13.1. The van der Waals surface area contributed by atoms with Gasteiger partial charge in [0.1, 0.15) is 5.75 Å². The van der Waals surface area contributed by atoms with Gasteiger partial charge < -0.3 is 19.6 Å². The molecule has 0 aromatic heterocycles. The van der Waals surface area contributed by atoms with Gasteiger partial charge >= 0.3 is 18.2 Å². The van der Waals surface area contributed by atoms with E-state index in [1.54, 1.807) is 0 Å². The Bertz CT molecular complexity index is 1350. The third-order valence-corrected chi connectivity index (χ3v) is 14.7. The Morgan fingerprint density at radius 2 is 1.60 bits per heavy atom. The Morgan fingerprint density at radius 1 is 0.942 bits per heavy atom. The number of nitrogens with zero attached hydrogens (tertiary/aromatic N) is 2. The Balaban J connectivity index is 1.08. The molecule has 3 aliphatic carbocycles. The van der Waals surface area contributed by atoms with Crippen molar-refractivity contribution in [3.05, 3.63) is 29.3 Å². The van der Waals surface area contributed by atoms with Crippen molar-refractivity contribution in [3.8, 4) is 5.75 Å². The summed E-state index contributed by atoms with van der Waals surface area (Å²) in [5.41, 5.74) is 2.68. The third kappa shape index (κ3) is 9.89. The van der Waals surface area contributed by atoms with Crippen LogP contribution in [0, 0.1) is 23.2 Å².